The fourth-order valence-corrected chi connectivity index (χ4v) is 3.43. The molecule has 0 spiro atoms. The highest BCUT2D eigenvalue weighted by atomic mass is 32.2. The number of carbonyl (C=O) groups is 1. The molecule has 1 fully saturated rings. The van der Waals surface area contributed by atoms with Gasteiger partial charge in [0, 0.05) is 0 Å². The molecule has 0 amide bonds. The van der Waals surface area contributed by atoms with E-state index >= 15 is 0 Å². The van der Waals surface area contributed by atoms with Gasteiger partial charge in [0.15, 0.2) is 0 Å². The van der Waals surface area contributed by atoms with Crippen molar-refractivity contribution in [2.75, 3.05) is 6.61 Å². The summed E-state index contributed by atoms with van der Waals surface area (Å²) >= 11 is 0. The van der Waals surface area contributed by atoms with Crippen LogP contribution in [0.4, 0.5) is 0 Å². The van der Waals surface area contributed by atoms with Crippen LogP contribution < -0.4 is 4.72 Å². The lowest BCUT2D eigenvalue weighted by Gasteiger charge is -2.29. The Morgan fingerprint density at radius 1 is 1.33 bits per heavy atom. The van der Waals surface area contributed by atoms with Gasteiger partial charge >= 0.3 is 11.7 Å². The minimum absolute atomic E-state index is 0.125. The zero-order chi connectivity index (χ0) is 16.3. The highest BCUT2D eigenvalue weighted by Gasteiger charge is 2.53. The largest absolute Gasteiger partial charge is 0.457 e. The first-order valence-electron chi connectivity index (χ1n) is 7.03. The van der Waals surface area contributed by atoms with Crippen LogP contribution in [0.25, 0.3) is 5.53 Å². The molecule has 0 atom stereocenters. The van der Waals surface area contributed by atoms with Crippen molar-refractivity contribution in [3.8, 4) is 0 Å². The summed E-state index contributed by atoms with van der Waals surface area (Å²) in [5, 5.41) is 0. The summed E-state index contributed by atoms with van der Waals surface area (Å²) in [6, 6.07) is 0. The molecule has 0 heterocycles. The van der Waals surface area contributed by atoms with E-state index < -0.39 is 26.3 Å². The van der Waals surface area contributed by atoms with Crippen LogP contribution in [0.2, 0.25) is 0 Å². The second-order valence-electron chi connectivity index (χ2n) is 6.18. The Hall–Kier alpha value is -1.24. The zero-order valence-corrected chi connectivity index (χ0v) is 13.8. The summed E-state index contributed by atoms with van der Waals surface area (Å²) in [7, 11) is -3.69. The van der Waals surface area contributed by atoms with Crippen molar-refractivity contribution >= 4 is 21.7 Å². The molecule has 1 aliphatic rings. The number of hydrogen-bond acceptors (Lipinski definition) is 4. The van der Waals surface area contributed by atoms with E-state index in [1.807, 2.05) is 0 Å². The molecule has 1 aliphatic carbocycles. The van der Waals surface area contributed by atoms with Gasteiger partial charge in [-0.15, -0.1) is 0 Å². The number of sulfonamides is 1. The normalized spacial score (nSPS) is 18.1. The Labute approximate surface area is 125 Å². The average molecular weight is 317 g/mol. The van der Waals surface area contributed by atoms with Crippen molar-refractivity contribution < 1.29 is 22.7 Å². The van der Waals surface area contributed by atoms with Gasteiger partial charge in [-0.3, -0.25) is 0 Å². The fourth-order valence-electron chi connectivity index (χ4n) is 2.31. The Kier molecular flexibility index (Phi) is 5.30. The van der Waals surface area contributed by atoms with E-state index in [9.17, 15) is 18.7 Å². The minimum Gasteiger partial charge on any atom is -0.457 e. The van der Waals surface area contributed by atoms with Crippen LogP contribution >= 0.6 is 0 Å². The zero-order valence-electron chi connectivity index (χ0n) is 13.0. The molecule has 1 N–H and O–H groups in total. The molecule has 1 saturated carbocycles. The third kappa shape index (κ3) is 3.70. The SMILES string of the molecule is CCOC(=O)C(=[N+]=[N-])C1(NS(=O)(=O)C(C)(C)C)CCCC1. The molecule has 0 aromatic carbocycles. The standard InChI is InChI=1S/C13H23N3O4S/c1-5-20-11(17)10(15-14)13(8-6-7-9-13)16-21(18,19)12(2,3)4/h16H,5-9H2,1-4H3. The van der Waals surface area contributed by atoms with Crippen molar-refractivity contribution in [1.29, 1.82) is 0 Å². The predicted octanol–water partition coefficient (Wildman–Crippen LogP) is 1.25. The summed E-state index contributed by atoms with van der Waals surface area (Å²) in [5.74, 6) is -0.793. The maximum atomic E-state index is 12.4. The van der Waals surface area contributed by atoms with Gasteiger partial charge in [0.1, 0.15) is 5.54 Å². The monoisotopic (exact) mass is 317 g/mol. The topological polar surface area (TPSA) is 109 Å². The van der Waals surface area contributed by atoms with E-state index in [0.29, 0.717) is 12.8 Å². The molecule has 0 aliphatic heterocycles. The van der Waals surface area contributed by atoms with Crippen molar-refractivity contribution in [2.45, 2.75) is 63.7 Å². The van der Waals surface area contributed by atoms with Crippen molar-refractivity contribution in [1.82, 2.24) is 4.72 Å². The molecule has 0 aromatic heterocycles. The fraction of sp³-hybridized carbons (Fsp3) is 0.846. The number of carbonyl (C=O) groups excluding carboxylic acids is 1. The third-order valence-corrected chi connectivity index (χ3v) is 5.89. The molecule has 1 rings (SSSR count). The molecule has 8 heteroatoms. The number of rotatable bonds is 5. The van der Waals surface area contributed by atoms with Crippen LogP contribution in [0.5, 0.6) is 0 Å². The lowest BCUT2D eigenvalue weighted by molar-refractivity contribution is -0.141. The number of esters is 1. The Balaban J connectivity index is 3.22. The Morgan fingerprint density at radius 2 is 1.86 bits per heavy atom. The summed E-state index contributed by atoms with van der Waals surface area (Å²) in [6.45, 7) is 6.46. The van der Waals surface area contributed by atoms with Gasteiger partial charge in [-0.2, -0.15) is 9.51 Å². The molecule has 0 unspecified atom stereocenters. The van der Waals surface area contributed by atoms with Crippen LogP contribution in [0, 0.1) is 0 Å². The molecule has 0 aromatic rings. The number of nitrogens with zero attached hydrogens (tertiary/aromatic N) is 2. The number of hydrogen-bond donors (Lipinski definition) is 1. The van der Waals surface area contributed by atoms with Crippen molar-refractivity contribution in [2.24, 2.45) is 0 Å². The summed E-state index contributed by atoms with van der Waals surface area (Å²) in [6.07, 6.45) is 2.29. The minimum atomic E-state index is -3.69. The van der Waals surface area contributed by atoms with Gasteiger partial charge in [-0.25, -0.2) is 13.2 Å². The van der Waals surface area contributed by atoms with E-state index in [4.69, 9.17) is 4.74 Å². The van der Waals surface area contributed by atoms with E-state index in [1.54, 1.807) is 27.7 Å². The smallest absolute Gasteiger partial charge is 0.419 e. The lowest BCUT2D eigenvalue weighted by Crippen LogP contribution is -2.58. The first kappa shape index (κ1) is 17.8. The van der Waals surface area contributed by atoms with Crippen LogP contribution in [0.3, 0.4) is 0 Å². The quantitative estimate of drug-likeness (QED) is 0.356. The van der Waals surface area contributed by atoms with Crippen LogP contribution in [0.15, 0.2) is 0 Å². The second kappa shape index (κ2) is 6.25. The molecule has 0 bridgehead atoms. The molecular weight excluding hydrogens is 294 g/mol. The van der Waals surface area contributed by atoms with Gasteiger partial charge in [0.25, 0.3) is 0 Å². The van der Waals surface area contributed by atoms with Crippen LogP contribution in [-0.4, -0.2) is 41.8 Å². The van der Waals surface area contributed by atoms with Gasteiger partial charge < -0.3 is 10.3 Å². The van der Waals surface area contributed by atoms with Gasteiger partial charge in [-0.1, -0.05) is 12.8 Å². The third-order valence-electron chi connectivity index (χ3n) is 3.62. The number of ether oxygens (including phenoxy) is 1. The van der Waals surface area contributed by atoms with E-state index in [2.05, 4.69) is 9.51 Å². The van der Waals surface area contributed by atoms with Gasteiger partial charge in [-0.05, 0) is 40.5 Å². The highest BCUT2D eigenvalue weighted by Crippen LogP contribution is 2.33. The van der Waals surface area contributed by atoms with Gasteiger partial charge in [0.05, 0.1) is 11.4 Å². The highest BCUT2D eigenvalue weighted by molar-refractivity contribution is 7.90. The van der Waals surface area contributed by atoms with E-state index in [-0.39, 0.29) is 12.3 Å². The first-order valence-corrected chi connectivity index (χ1v) is 8.51. The van der Waals surface area contributed by atoms with Crippen molar-refractivity contribution in [3.05, 3.63) is 5.53 Å². The van der Waals surface area contributed by atoms with Crippen molar-refractivity contribution in [3.63, 3.8) is 0 Å². The summed E-state index contributed by atoms with van der Waals surface area (Å²) in [4.78, 5) is 15.0. The van der Waals surface area contributed by atoms with E-state index in [1.165, 1.54) is 0 Å². The van der Waals surface area contributed by atoms with Crippen LogP contribution in [0.1, 0.15) is 53.4 Å². The first-order chi connectivity index (χ1) is 9.59. The molecule has 7 nitrogen and oxygen atoms in total. The molecular formula is C13H23N3O4S. The molecule has 0 radical (unpaired) electrons. The van der Waals surface area contributed by atoms with Gasteiger partial charge in [0.2, 0.25) is 10.0 Å². The van der Waals surface area contributed by atoms with E-state index in [0.717, 1.165) is 12.8 Å². The Morgan fingerprint density at radius 3 is 2.24 bits per heavy atom. The molecule has 0 saturated heterocycles. The summed E-state index contributed by atoms with van der Waals surface area (Å²) < 4.78 is 31.2. The Bertz CT molecular complexity index is 550. The molecule has 21 heavy (non-hydrogen) atoms. The lowest BCUT2D eigenvalue weighted by atomic mass is 9.92. The maximum Gasteiger partial charge on any atom is 0.419 e. The molecule has 120 valence electrons. The second-order valence-corrected chi connectivity index (χ2v) is 8.61. The average Bonchev–Trinajstić information content (AvgIpc) is 2.77. The maximum absolute atomic E-state index is 12.4. The van der Waals surface area contributed by atoms with Crippen LogP contribution in [-0.2, 0) is 19.6 Å². The predicted molar refractivity (Wildman–Crippen MR) is 78.3 cm³/mol. The number of nitrogens with one attached hydrogen (secondary N) is 1. The summed E-state index contributed by atoms with van der Waals surface area (Å²) in [5.41, 5.74) is 7.74.